The van der Waals surface area contributed by atoms with Crippen molar-refractivity contribution >= 4 is 11.9 Å². The zero-order valence-corrected chi connectivity index (χ0v) is 17.0. The van der Waals surface area contributed by atoms with Crippen molar-refractivity contribution in [3.63, 3.8) is 0 Å². The first-order valence-corrected chi connectivity index (χ1v) is 11.2. The van der Waals surface area contributed by atoms with Gasteiger partial charge in [-0.25, -0.2) is 9.59 Å². The second kappa shape index (κ2) is 6.60. The maximum Gasteiger partial charge on any atom is 0.339 e. The summed E-state index contributed by atoms with van der Waals surface area (Å²) < 4.78 is 11.7. The van der Waals surface area contributed by atoms with Crippen molar-refractivity contribution in [3.05, 3.63) is 34.6 Å². The van der Waals surface area contributed by atoms with E-state index < -0.39 is 5.41 Å². The predicted molar refractivity (Wildman–Crippen MR) is 105 cm³/mol. The average molecular weight is 383 g/mol. The second-order valence-electron chi connectivity index (χ2n) is 9.16. The molecule has 5 atom stereocenters. The molecule has 1 saturated heterocycles. The molecule has 4 heteroatoms. The largest absolute Gasteiger partial charge is 0.454 e. The number of ether oxygens (including phenoxy) is 2. The van der Waals surface area contributed by atoms with Crippen LogP contribution in [-0.2, 0) is 19.1 Å². The number of fused-ring (bicyclic) bond motifs is 1. The van der Waals surface area contributed by atoms with E-state index in [1.807, 2.05) is 0 Å². The highest BCUT2D eigenvalue weighted by Crippen LogP contribution is 2.68. The third kappa shape index (κ3) is 2.29. The summed E-state index contributed by atoms with van der Waals surface area (Å²) in [6.07, 6.45) is 13.3. The normalized spacial score (nSPS) is 39.5. The van der Waals surface area contributed by atoms with Crippen LogP contribution >= 0.6 is 0 Å². The molecule has 4 nitrogen and oxygen atoms in total. The molecular formula is C24H30O4. The Hall–Kier alpha value is -1.84. The van der Waals surface area contributed by atoms with Crippen LogP contribution in [0.2, 0.25) is 0 Å². The second-order valence-corrected chi connectivity index (χ2v) is 9.16. The van der Waals surface area contributed by atoms with Crippen molar-refractivity contribution in [1.82, 2.24) is 0 Å². The predicted octanol–water partition coefficient (Wildman–Crippen LogP) is 5.00. The molecule has 2 fully saturated rings. The van der Waals surface area contributed by atoms with Gasteiger partial charge in [0.2, 0.25) is 0 Å². The van der Waals surface area contributed by atoms with Crippen molar-refractivity contribution in [2.24, 2.45) is 23.2 Å². The fourth-order valence-electron chi connectivity index (χ4n) is 6.63. The first-order chi connectivity index (χ1) is 13.6. The van der Waals surface area contributed by atoms with Gasteiger partial charge in [0.15, 0.2) is 0 Å². The van der Waals surface area contributed by atoms with Gasteiger partial charge in [-0.3, -0.25) is 0 Å². The van der Waals surface area contributed by atoms with Gasteiger partial charge >= 0.3 is 11.9 Å². The lowest BCUT2D eigenvalue weighted by molar-refractivity contribution is -0.141. The SMILES string of the molecule is CCC/C=C1\OC(=O)C2=CC3CCC21C1C2=C(CCC31)C(CCCC)OC2=O. The van der Waals surface area contributed by atoms with Crippen molar-refractivity contribution in [2.75, 3.05) is 0 Å². The summed E-state index contributed by atoms with van der Waals surface area (Å²) in [6.45, 7) is 4.31. The van der Waals surface area contributed by atoms with Crippen LogP contribution in [0.4, 0.5) is 0 Å². The van der Waals surface area contributed by atoms with Crippen LogP contribution in [-0.4, -0.2) is 18.0 Å². The van der Waals surface area contributed by atoms with Crippen LogP contribution in [0.3, 0.4) is 0 Å². The van der Waals surface area contributed by atoms with Crippen LogP contribution in [0.5, 0.6) is 0 Å². The molecule has 0 aromatic heterocycles. The number of cyclic esters (lactones) is 2. The van der Waals surface area contributed by atoms with Crippen molar-refractivity contribution in [1.29, 1.82) is 0 Å². The molecule has 0 amide bonds. The quantitative estimate of drug-likeness (QED) is 0.628. The highest BCUT2D eigenvalue weighted by Gasteiger charge is 2.66. The van der Waals surface area contributed by atoms with Crippen molar-refractivity contribution in [2.45, 2.75) is 77.7 Å². The first kappa shape index (κ1) is 18.2. The summed E-state index contributed by atoms with van der Waals surface area (Å²) in [7, 11) is 0. The van der Waals surface area contributed by atoms with Crippen molar-refractivity contribution < 1.29 is 19.1 Å². The number of allylic oxidation sites excluding steroid dienone is 3. The lowest BCUT2D eigenvalue weighted by Gasteiger charge is -2.54. The van der Waals surface area contributed by atoms with E-state index in [4.69, 9.17) is 9.47 Å². The van der Waals surface area contributed by atoms with E-state index in [9.17, 15) is 9.59 Å². The summed E-state index contributed by atoms with van der Waals surface area (Å²) in [5, 5.41) is 0. The van der Waals surface area contributed by atoms with E-state index in [2.05, 4.69) is 26.0 Å². The summed E-state index contributed by atoms with van der Waals surface area (Å²) in [5.41, 5.74) is 2.54. The van der Waals surface area contributed by atoms with E-state index in [0.717, 1.165) is 74.7 Å². The summed E-state index contributed by atoms with van der Waals surface area (Å²) in [4.78, 5) is 25.8. The molecule has 28 heavy (non-hydrogen) atoms. The highest BCUT2D eigenvalue weighted by molar-refractivity contribution is 5.99. The molecule has 2 bridgehead atoms. The molecule has 2 heterocycles. The van der Waals surface area contributed by atoms with Gasteiger partial charge in [0, 0.05) is 17.1 Å². The Morgan fingerprint density at radius 1 is 1.18 bits per heavy atom. The molecule has 0 N–H and O–H groups in total. The number of carbonyl (C=O) groups excluding carboxylic acids is 2. The van der Waals surface area contributed by atoms with E-state index in [-0.39, 0.29) is 24.0 Å². The minimum Gasteiger partial charge on any atom is -0.454 e. The number of hydrogen-bond donors (Lipinski definition) is 0. The third-order valence-corrected chi connectivity index (χ3v) is 7.80. The molecule has 150 valence electrons. The molecule has 2 aliphatic heterocycles. The Bertz CT molecular complexity index is 816. The molecule has 0 radical (unpaired) electrons. The minimum absolute atomic E-state index is 0.0474. The minimum atomic E-state index is -0.425. The Balaban J connectivity index is 1.63. The van der Waals surface area contributed by atoms with Gasteiger partial charge in [-0.2, -0.15) is 0 Å². The fourth-order valence-corrected chi connectivity index (χ4v) is 6.63. The van der Waals surface area contributed by atoms with E-state index >= 15 is 0 Å². The van der Waals surface area contributed by atoms with Gasteiger partial charge in [-0.1, -0.05) is 32.8 Å². The molecule has 1 saturated carbocycles. The Morgan fingerprint density at radius 3 is 2.82 bits per heavy atom. The maximum atomic E-state index is 13.1. The Kier molecular flexibility index (Phi) is 4.29. The number of carbonyl (C=O) groups is 2. The van der Waals surface area contributed by atoms with Crippen LogP contribution in [0.15, 0.2) is 34.6 Å². The smallest absolute Gasteiger partial charge is 0.339 e. The van der Waals surface area contributed by atoms with Gasteiger partial charge in [-0.05, 0) is 68.4 Å². The number of hydrogen-bond acceptors (Lipinski definition) is 4. The summed E-state index contributed by atoms with van der Waals surface area (Å²) >= 11 is 0. The van der Waals surface area contributed by atoms with Crippen LogP contribution in [0.25, 0.3) is 0 Å². The van der Waals surface area contributed by atoms with E-state index in [1.54, 1.807) is 0 Å². The zero-order chi connectivity index (χ0) is 19.5. The van der Waals surface area contributed by atoms with Gasteiger partial charge in [0.1, 0.15) is 11.9 Å². The molecule has 0 aromatic rings. The Labute approximate surface area is 167 Å². The highest BCUT2D eigenvalue weighted by atomic mass is 16.6. The number of rotatable bonds is 5. The van der Waals surface area contributed by atoms with Gasteiger partial charge < -0.3 is 9.47 Å². The number of esters is 2. The average Bonchev–Trinajstić information content (AvgIpc) is 3.19. The first-order valence-electron chi connectivity index (χ1n) is 11.2. The van der Waals surface area contributed by atoms with E-state index in [1.165, 1.54) is 5.57 Å². The standard InChI is InChI=1S/C24H30O4/c1-3-5-7-18-16-10-9-15-14-11-12-24(21(15)20(16)23(26)27-18)17(13-14)22(25)28-19(24)8-6-4-2/h8,13-15,18,21H,3-7,9-12H2,1-2H3/b19-8-. The van der Waals surface area contributed by atoms with Crippen LogP contribution in [0, 0.1) is 23.2 Å². The number of unbranched alkanes of at least 4 members (excludes halogenated alkanes) is 2. The fraction of sp³-hybridized carbons (Fsp3) is 0.667. The monoisotopic (exact) mass is 382 g/mol. The Morgan fingerprint density at radius 2 is 2.04 bits per heavy atom. The molecule has 5 unspecified atom stereocenters. The molecule has 4 aliphatic carbocycles. The van der Waals surface area contributed by atoms with E-state index in [0.29, 0.717) is 11.8 Å². The van der Waals surface area contributed by atoms with Gasteiger partial charge in [-0.15, -0.1) is 0 Å². The lowest BCUT2D eigenvalue weighted by Crippen LogP contribution is -2.50. The van der Waals surface area contributed by atoms with Crippen molar-refractivity contribution in [3.8, 4) is 0 Å². The van der Waals surface area contributed by atoms with Gasteiger partial charge in [0.25, 0.3) is 0 Å². The molecule has 0 aromatic carbocycles. The van der Waals surface area contributed by atoms with Crippen LogP contribution in [0.1, 0.15) is 71.6 Å². The van der Waals surface area contributed by atoms with Crippen LogP contribution < -0.4 is 0 Å². The zero-order valence-electron chi connectivity index (χ0n) is 17.0. The van der Waals surface area contributed by atoms with Gasteiger partial charge in [0.05, 0.1) is 5.41 Å². The topological polar surface area (TPSA) is 52.6 Å². The third-order valence-electron chi connectivity index (χ3n) is 7.80. The summed E-state index contributed by atoms with van der Waals surface area (Å²) in [6, 6.07) is 0. The molecule has 6 rings (SSSR count). The lowest BCUT2D eigenvalue weighted by atomic mass is 9.46. The molecule has 6 aliphatic rings. The maximum absolute atomic E-state index is 13.1. The summed E-state index contributed by atoms with van der Waals surface area (Å²) in [5.74, 6) is 1.37. The molecular weight excluding hydrogens is 352 g/mol. The molecule has 1 spiro atoms.